The standard InChI is InChI=1S/C9H14N2.2C2H6/c1-2-4-9(3-1)7-11-6-5-10-8-11;2*1-2/h5-6,8-9H,1-4,7H2;2*1-2H3. The van der Waals surface area contributed by atoms with Crippen molar-refractivity contribution in [2.75, 3.05) is 0 Å². The highest BCUT2D eigenvalue weighted by Gasteiger charge is 2.14. The average molecular weight is 210 g/mol. The van der Waals surface area contributed by atoms with Gasteiger partial charge in [-0.3, -0.25) is 0 Å². The Labute approximate surface area is 94.7 Å². The first-order valence-electron chi connectivity index (χ1n) is 6.41. The van der Waals surface area contributed by atoms with Crippen LogP contribution in [0.15, 0.2) is 18.7 Å². The Morgan fingerprint density at radius 1 is 1.13 bits per heavy atom. The molecule has 2 rings (SSSR count). The van der Waals surface area contributed by atoms with Crippen molar-refractivity contribution in [3.8, 4) is 0 Å². The average Bonchev–Trinajstić information content (AvgIpc) is 2.98. The van der Waals surface area contributed by atoms with Crippen LogP contribution in [0.4, 0.5) is 0 Å². The summed E-state index contributed by atoms with van der Waals surface area (Å²) < 4.78 is 2.19. The van der Waals surface area contributed by atoms with Gasteiger partial charge in [-0.05, 0) is 18.8 Å². The fourth-order valence-corrected chi connectivity index (χ4v) is 1.89. The Hall–Kier alpha value is -0.790. The lowest BCUT2D eigenvalue weighted by Crippen LogP contribution is -2.04. The number of hydrogen-bond acceptors (Lipinski definition) is 1. The highest BCUT2D eigenvalue weighted by atomic mass is 15.0. The zero-order valence-electron chi connectivity index (χ0n) is 10.7. The molecule has 15 heavy (non-hydrogen) atoms. The van der Waals surface area contributed by atoms with Crippen LogP contribution in [-0.2, 0) is 6.54 Å². The Balaban J connectivity index is 0.000000442. The minimum absolute atomic E-state index is 0.921. The number of rotatable bonds is 2. The van der Waals surface area contributed by atoms with Crippen LogP contribution >= 0.6 is 0 Å². The molecule has 2 heteroatoms. The second-order valence-electron chi connectivity index (χ2n) is 3.41. The summed E-state index contributed by atoms with van der Waals surface area (Å²) in [6.07, 6.45) is 11.5. The molecule has 1 aromatic rings. The predicted molar refractivity (Wildman–Crippen MR) is 66.9 cm³/mol. The van der Waals surface area contributed by atoms with E-state index in [0.717, 1.165) is 5.92 Å². The first-order valence-corrected chi connectivity index (χ1v) is 6.41. The van der Waals surface area contributed by atoms with Crippen LogP contribution < -0.4 is 0 Å². The summed E-state index contributed by atoms with van der Waals surface area (Å²) in [4.78, 5) is 4.03. The zero-order chi connectivity index (χ0) is 11.5. The molecular weight excluding hydrogens is 184 g/mol. The maximum atomic E-state index is 4.03. The van der Waals surface area contributed by atoms with Crippen molar-refractivity contribution in [3.05, 3.63) is 18.7 Å². The van der Waals surface area contributed by atoms with E-state index in [2.05, 4.69) is 15.7 Å². The molecule has 1 aromatic heterocycles. The van der Waals surface area contributed by atoms with Crippen molar-refractivity contribution >= 4 is 0 Å². The third-order valence-corrected chi connectivity index (χ3v) is 2.50. The highest BCUT2D eigenvalue weighted by molar-refractivity contribution is 4.77. The van der Waals surface area contributed by atoms with Gasteiger partial charge in [-0.2, -0.15) is 0 Å². The Kier molecular flexibility index (Phi) is 9.24. The lowest BCUT2D eigenvalue weighted by atomic mass is 10.1. The lowest BCUT2D eigenvalue weighted by Gasteiger charge is -2.08. The van der Waals surface area contributed by atoms with Crippen LogP contribution in [0, 0.1) is 5.92 Å². The number of nitrogens with zero attached hydrogens (tertiary/aromatic N) is 2. The fraction of sp³-hybridized carbons (Fsp3) is 0.769. The van der Waals surface area contributed by atoms with Crippen LogP contribution in [0.25, 0.3) is 0 Å². The molecule has 0 saturated heterocycles. The second kappa shape index (κ2) is 9.75. The van der Waals surface area contributed by atoms with Crippen LogP contribution in [0.3, 0.4) is 0 Å². The Bertz CT molecular complexity index is 198. The minimum atomic E-state index is 0.921. The largest absolute Gasteiger partial charge is 0.337 e. The second-order valence-corrected chi connectivity index (χ2v) is 3.41. The van der Waals surface area contributed by atoms with E-state index in [1.807, 2.05) is 40.2 Å². The van der Waals surface area contributed by atoms with Gasteiger partial charge in [-0.15, -0.1) is 0 Å². The summed E-state index contributed by atoms with van der Waals surface area (Å²) in [7, 11) is 0. The van der Waals surface area contributed by atoms with Gasteiger partial charge >= 0.3 is 0 Å². The monoisotopic (exact) mass is 210 g/mol. The normalized spacial score (nSPS) is 14.9. The molecule has 88 valence electrons. The van der Waals surface area contributed by atoms with Gasteiger partial charge in [0.1, 0.15) is 0 Å². The molecular formula is C13H26N2. The van der Waals surface area contributed by atoms with Gasteiger partial charge < -0.3 is 4.57 Å². The van der Waals surface area contributed by atoms with E-state index in [-0.39, 0.29) is 0 Å². The Morgan fingerprint density at radius 3 is 2.20 bits per heavy atom. The number of imidazole rings is 1. The van der Waals surface area contributed by atoms with Crippen molar-refractivity contribution in [1.82, 2.24) is 9.55 Å². The van der Waals surface area contributed by atoms with E-state index in [0.29, 0.717) is 0 Å². The molecule has 0 aliphatic heterocycles. The van der Waals surface area contributed by atoms with E-state index in [9.17, 15) is 0 Å². The van der Waals surface area contributed by atoms with Crippen LogP contribution in [-0.4, -0.2) is 9.55 Å². The van der Waals surface area contributed by atoms with Crippen molar-refractivity contribution < 1.29 is 0 Å². The maximum Gasteiger partial charge on any atom is 0.0945 e. The van der Waals surface area contributed by atoms with Gasteiger partial charge in [0.15, 0.2) is 0 Å². The number of hydrogen-bond donors (Lipinski definition) is 0. The molecule has 1 heterocycles. The summed E-state index contributed by atoms with van der Waals surface area (Å²) in [6, 6.07) is 0. The van der Waals surface area contributed by atoms with Gasteiger partial charge in [-0.1, -0.05) is 40.5 Å². The summed E-state index contributed by atoms with van der Waals surface area (Å²) in [5, 5.41) is 0. The van der Waals surface area contributed by atoms with Gasteiger partial charge in [0, 0.05) is 18.9 Å². The lowest BCUT2D eigenvalue weighted by molar-refractivity contribution is 0.457. The molecule has 1 saturated carbocycles. The van der Waals surface area contributed by atoms with Crippen molar-refractivity contribution in [2.24, 2.45) is 5.92 Å². The smallest absolute Gasteiger partial charge is 0.0945 e. The predicted octanol–water partition coefficient (Wildman–Crippen LogP) is 4.13. The molecule has 0 amide bonds. The molecule has 0 unspecified atom stereocenters. The fourth-order valence-electron chi connectivity index (χ4n) is 1.89. The van der Waals surface area contributed by atoms with E-state index in [1.54, 1.807) is 0 Å². The maximum absolute atomic E-state index is 4.03. The minimum Gasteiger partial charge on any atom is -0.337 e. The summed E-state index contributed by atoms with van der Waals surface area (Å²) in [5.74, 6) is 0.921. The third-order valence-electron chi connectivity index (χ3n) is 2.50. The van der Waals surface area contributed by atoms with Crippen LogP contribution in [0.2, 0.25) is 0 Å². The first kappa shape index (κ1) is 14.2. The zero-order valence-corrected chi connectivity index (χ0v) is 10.7. The molecule has 2 nitrogen and oxygen atoms in total. The van der Waals surface area contributed by atoms with Crippen molar-refractivity contribution in [1.29, 1.82) is 0 Å². The molecule has 1 aliphatic carbocycles. The van der Waals surface area contributed by atoms with Gasteiger partial charge in [-0.25, -0.2) is 4.98 Å². The Morgan fingerprint density at radius 2 is 1.73 bits per heavy atom. The molecule has 1 aliphatic rings. The molecule has 0 aromatic carbocycles. The summed E-state index contributed by atoms with van der Waals surface area (Å²) in [6.45, 7) is 9.18. The topological polar surface area (TPSA) is 17.8 Å². The molecule has 0 atom stereocenters. The summed E-state index contributed by atoms with van der Waals surface area (Å²) in [5.41, 5.74) is 0. The van der Waals surface area contributed by atoms with Crippen molar-refractivity contribution in [2.45, 2.75) is 59.9 Å². The van der Waals surface area contributed by atoms with E-state index in [4.69, 9.17) is 0 Å². The van der Waals surface area contributed by atoms with E-state index < -0.39 is 0 Å². The van der Waals surface area contributed by atoms with Gasteiger partial charge in [0.05, 0.1) is 6.33 Å². The molecule has 0 radical (unpaired) electrons. The molecule has 0 N–H and O–H groups in total. The molecule has 0 spiro atoms. The van der Waals surface area contributed by atoms with E-state index >= 15 is 0 Å². The van der Waals surface area contributed by atoms with Crippen LogP contribution in [0.1, 0.15) is 53.4 Å². The first-order chi connectivity index (χ1) is 7.45. The highest BCUT2D eigenvalue weighted by Crippen LogP contribution is 2.25. The molecule has 0 bridgehead atoms. The van der Waals surface area contributed by atoms with Crippen LogP contribution in [0.5, 0.6) is 0 Å². The number of aromatic nitrogens is 2. The SMILES string of the molecule is CC.CC.c1cn(CC2CCCC2)cn1. The summed E-state index contributed by atoms with van der Waals surface area (Å²) >= 11 is 0. The third kappa shape index (κ3) is 5.60. The van der Waals surface area contributed by atoms with Gasteiger partial charge in [0.2, 0.25) is 0 Å². The van der Waals surface area contributed by atoms with Crippen molar-refractivity contribution in [3.63, 3.8) is 0 Å². The van der Waals surface area contributed by atoms with E-state index in [1.165, 1.54) is 32.2 Å². The van der Waals surface area contributed by atoms with Gasteiger partial charge in [0.25, 0.3) is 0 Å². The molecule has 1 fully saturated rings. The quantitative estimate of drug-likeness (QED) is 0.717.